The van der Waals surface area contributed by atoms with E-state index in [1.54, 1.807) is 0 Å². The first-order valence-corrected chi connectivity index (χ1v) is 10.8. The van der Waals surface area contributed by atoms with Crippen molar-refractivity contribution in [2.75, 3.05) is 4.31 Å². The van der Waals surface area contributed by atoms with Gasteiger partial charge in [-0.05, 0) is 121 Å². The second kappa shape index (κ2) is 7.22. The summed E-state index contributed by atoms with van der Waals surface area (Å²) in [5.74, 6) is 0. The van der Waals surface area contributed by atoms with E-state index in [0.717, 1.165) is 17.6 Å². The van der Waals surface area contributed by atoms with Crippen LogP contribution in [0.2, 0.25) is 0 Å². The summed E-state index contributed by atoms with van der Waals surface area (Å²) < 4.78 is 1.95. The van der Waals surface area contributed by atoms with Crippen LogP contribution in [0.15, 0.2) is 24.4 Å². The molecule has 1 aromatic heterocycles. The topological polar surface area (TPSA) is 16.1 Å². The molecule has 0 unspecified atom stereocenters. The fourth-order valence-corrected chi connectivity index (χ4v) is 5.75. The molecule has 0 amide bonds. The normalized spacial score (nSPS) is 11.9. The van der Waals surface area contributed by atoms with Crippen molar-refractivity contribution in [1.29, 1.82) is 0 Å². The first kappa shape index (κ1) is 17.6. The number of aryl methyl sites for hydroxylation is 2. The number of fused-ring (bicyclic) bond motifs is 1. The Kier molecular flexibility index (Phi) is 6.36. The van der Waals surface area contributed by atoms with Crippen LogP contribution in [0.25, 0.3) is 10.9 Å². The van der Waals surface area contributed by atoms with Crippen LogP contribution < -0.4 is 4.31 Å². The van der Waals surface area contributed by atoms with E-state index in [2.05, 4.69) is 109 Å². The number of halogens is 4. The second-order valence-electron chi connectivity index (χ2n) is 4.31. The lowest BCUT2D eigenvalue weighted by Gasteiger charge is -2.29. The third-order valence-electron chi connectivity index (χ3n) is 3.07. The number of aromatic nitrogens is 1. The molecule has 0 saturated heterocycles. The third kappa shape index (κ3) is 3.77. The van der Waals surface area contributed by atoms with Gasteiger partial charge >= 0.3 is 0 Å². The van der Waals surface area contributed by atoms with E-state index in [0.29, 0.717) is 0 Å². The van der Waals surface area contributed by atoms with Crippen molar-refractivity contribution in [3.8, 4) is 0 Å². The summed E-state index contributed by atoms with van der Waals surface area (Å²) in [7, 11) is 6.06. The van der Waals surface area contributed by atoms with Gasteiger partial charge in [0.15, 0.2) is 0 Å². The quantitative estimate of drug-likeness (QED) is 0.161. The van der Waals surface area contributed by atoms with Crippen LogP contribution in [-0.4, -0.2) is 4.54 Å². The van der Waals surface area contributed by atoms with Gasteiger partial charge in [-0.25, -0.2) is 0 Å². The molecule has 0 bridgehead atoms. The summed E-state index contributed by atoms with van der Waals surface area (Å²) >= 11 is 8.33. The number of benzene rings is 1. The van der Waals surface area contributed by atoms with Gasteiger partial charge in [0.05, 0.1) is 22.4 Å². The summed E-state index contributed by atoms with van der Waals surface area (Å²) in [6.07, 6.45) is 2.96. The molecule has 108 valence electrons. The van der Waals surface area contributed by atoms with Crippen molar-refractivity contribution in [3.63, 3.8) is 0 Å². The van der Waals surface area contributed by atoms with Crippen molar-refractivity contribution in [1.82, 2.24) is 4.98 Å². The van der Waals surface area contributed by atoms with Crippen molar-refractivity contribution in [3.05, 3.63) is 35.5 Å². The molecule has 2 aromatic rings. The van der Waals surface area contributed by atoms with Gasteiger partial charge in [0, 0.05) is 11.6 Å². The van der Waals surface area contributed by atoms with Crippen LogP contribution in [0.5, 0.6) is 0 Å². The molecule has 0 spiro atoms. The van der Waals surface area contributed by atoms with Crippen molar-refractivity contribution in [2.45, 2.75) is 19.8 Å². The van der Waals surface area contributed by atoms with Gasteiger partial charge in [-0.15, -0.1) is 0 Å². The van der Waals surface area contributed by atoms with Gasteiger partial charge in [0.2, 0.25) is -0.441 Å². The summed E-state index contributed by atoms with van der Waals surface area (Å²) in [5, 5.41) is 1.22. The number of rotatable bonds is 4. The lowest BCUT2D eigenvalue weighted by Crippen LogP contribution is -2.25. The predicted octanol–water partition coefficient (Wildman–Crippen LogP) is 6.63. The van der Waals surface area contributed by atoms with Gasteiger partial charge < -0.3 is 0 Å². The Morgan fingerprint density at radius 3 is 2.60 bits per heavy atom. The molecule has 7 heteroatoms. The SMILES string of the molecule is CCc1c(C)cnc2ccc(N(SCl)C(I)(I)I)cc12. The number of anilines is 1. The highest BCUT2D eigenvalue weighted by molar-refractivity contribution is 14.3. The van der Waals surface area contributed by atoms with Crippen molar-refractivity contribution in [2.24, 2.45) is 0 Å². The average Bonchev–Trinajstić information content (AvgIpc) is 2.37. The molecule has 1 heterocycles. The Morgan fingerprint density at radius 2 is 2.05 bits per heavy atom. The Hall–Kier alpha value is 1.26. The van der Waals surface area contributed by atoms with Crippen LogP contribution in [0.4, 0.5) is 5.69 Å². The van der Waals surface area contributed by atoms with Gasteiger partial charge in [0.1, 0.15) is 0 Å². The molecule has 2 nitrogen and oxygen atoms in total. The fourth-order valence-electron chi connectivity index (χ4n) is 2.16. The number of hydrogen-bond acceptors (Lipinski definition) is 3. The fraction of sp³-hybridized carbons (Fsp3) is 0.308. The van der Waals surface area contributed by atoms with Crippen LogP contribution in [0.3, 0.4) is 0 Å². The summed E-state index contributed by atoms with van der Waals surface area (Å²) in [6, 6.07) is 6.33. The molecule has 0 saturated carbocycles. The molecule has 20 heavy (non-hydrogen) atoms. The highest BCUT2D eigenvalue weighted by Gasteiger charge is 2.28. The molecular weight excluding hydrogens is 632 g/mol. The minimum Gasteiger partial charge on any atom is -0.269 e. The van der Waals surface area contributed by atoms with Crippen molar-refractivity contribution >= 4 is 106 Å². The standard InChI is InChI=1S/C13H12ClI3N2S/c1-3-10-8(2)7-18-12-5-4-9(6-11(10)12)19(20-14)13(15,16)17/h4-7H,3H2,1-2H3. The zero-order valence-corrected chi connectivity index (χ0v) is 18.9. The Labute approximate surface area is 168 Å². The molecule has 1 aromatic carbocycles. The molecular formula is C13H12ClI3N2S. The van der Waals surface area contributed by atoms with Crippen LogP contribution in [-0.2, 0) is 6.42 Å². The van der Waals surface area contributed by atoms with Gasteiger partial charge in [-0.3, -0.25) is 9.29 Å². The maximum atomic E-state index is 6.06. The molecule has 0 radical (unpaired) electrons. The lowest BCUT2D eigenvalue weighted by atomic mass is 10.0. The summed E-state index contributed by atoms with van der Waals surface area (Å²) in [5.41, 5.74) is 4.73. The summed E-state index contributed by atoms with van der Waals surface area (Å²) in [4.78, 5) is 4.51. The largest absolute Gasteiger partial charge is 0.269 e. The molecule has 0 atom stereocenters. The molecule has 0 N–H and O–H groups in total. The van der Waals surface area contributed by atoms with E-state index in [9.17, 15) is 0 Å². The smallest absolute Gasteiger partial charge is 0.204 e. The highest BCUT2D eigenvalue weighted by atomic mass is 127. The Balaban J connectivity index is 2.63. The highest BCUT2D eigenvalue weighted by Crippen LogP contribution is 2.47. The molecule has 0 aliphatic heterocycles. The maximum Gasteiger partial charge on any atom is 0.204 e. The number of alkyl halides is 3. The first-order valence-electron chi connectivity index (χ1n) is 5.92. The van der Waals surface area contributed by atoms with E-state index < -0.39 is 0 Å². The van der Waals surface area contributed by atoms with E-state index in [4.69, 9.17) is 10.7 Å². The monoisotopic (exact) mass is 644 g/mol. The zero-order chi connectivity index (χ0) is 14.9. The molecule has 0 aliphatic rings. The van der Waals surface area contributed by atoms with E-state index in [1.165, 1.54) is 27.7 Å². The van der Waals surface area contributed by atoms with E-state index in [-0.39, 0.29) is -0.441 Å². The Bertz CT molecular complexity index is 631. The second-order valence-corrected chi connectivity index (χ2v) is 16.1. The zero-order valence-electron chi connectivity index (χ0n) is 10.8. The maximum absolute atomic E-state index is 6.06. The Morgan fingerprint density at radius 1 is 1.35 bits per heavy atom. The van der Waals surface area contributed by atoms with Crippen LogP contribution in [0.1, 0.15) is 18.1 Å². The van der Waals surface area contributed by atoms with Gasteiger partial charge in [0.25, 0.3) is 0 Å². The van der Waals surface area contributed by atoms with E-state index in [1.807, 2.05) is 6.20 Å². The minimum atomic E-state index is -0.128. The predicted molar refractivity (Wildman–Crippen MR) is 117 cm³/mol. The lowest BCUT2D eigenvalue weighted by molar-refractivity contribution is 1.11. The number of pyridine rings is 1. The minimum absolute atomic E-state index is 0.128. The number of nitrogens with zero attached hydrogens (tertiary/aromatic N) is 2. The van der Waals surface area contributed by atoms with E-state index >= 15 is 0 Å². The number of hydrogen-bond donors (Lipinski definition) is 0. The van der Waals surface area contributed by atoms with Crippen LogP contribution >= 0.6 is 89.6 Å². The average molecular weight is 644 g/mol. The summed E-state index contributed by atoms with van der Waals surface area (Å²) in [6.45, 7) is 4.30. The molecule has 2 rings (SSSR count). The van der Waals surface area contributed by atoms with Gasteiger partial charge in [-0.1, -0.05) is 6.92 Å². The first-order chi connectivity index (χ1) is 9.38. The molecule has 0 fully saturated rings. The third-order valence-corrected chi connectivity index (χ3v) is 6.53. The van der Waals surface area contributed by atoms with Crippen LogP contribution in [0, 0.1) is 6.92 Å². The van der Waals surface area contributed by atoms with Crippen molar-refractivity contribution < 1.29 is 0 Å². The molecule has 0 aliphatic carbocycles. The van der Waals surface area contributed by atoms with Gasteiger partial charge in [-0.2, -0.15) is 0 Å².